The van der Waals surface area contributed by atoms with Crippen LogP contribution in [0.4, 0.5) is 0 Å². The first-order chi connectivity index (χ1) is 6.16. The highest BCUT2D eigenvalue weighted by Gasteiger charge is 1.97. The summed E-state index contributed by atoms with van der Waals surface area (Å²) < 4.78 is 10.7. The second-order valence-electron chi connectivity index (χ2n) is 3.51. The van der Waals surface area contributed by atoms with Crippen molar-refractivity contribution >= 4 is 0 Å². The van der Waals surface area contributed by atoms with Crippen LogP contribution in [-0.2, 0) is 9.47 Å². The monoisotopic (exact) mass is 189 g/mol. The van der Waals surface area contributed by atoms with Gasteiger partial charge in [-0.25, -0.2) is 0 Å². The molecule has 0 fully saturated rings. The van der Waals surface area contributed by atoms with Gasteiger partial charge in [0, 0.05) is 12.6 Å². The van der Waals surface area contributed by atoms with E-state index in [1.807, 2.05) is 20.9 Å². The Morgan fingerprint density at radius 2 is 1.77 bits per heavy atom. The van der Waals surface area contributed by atoms with Gasteiger partial charge in [0.1, 0.15) is 0 Å². The Hall–Kier alpha value is -0.120. The average Bonchev–Trinajstić information content (AvgIpc) is 2.10. The molecule has 3 nitrogen and oxygen atoms in total. The molecule has 0 rings (SSSR count). The summed E-state index contributed by atoms with van der Waals surface area (Å²) in [6, 6.07) is 0.533. The van der Waals surface area contributed by atoms with Crippen LogP contribution in [0.3, 0.4) is 0 Å². The van der Waals surface area contributed by atoms with Gasteiger partial charge in [-0.3, -0.25) is 0 Å². The molecule has 0 aliphatic rings. The van der Waals surface area contributed by atoms with E-state index in [9.17, 15) is 0 Å². The molecular formula is C10H23NO2. The van der Waals surface area contributed by atoms with Gasteiger partial charge >= 0.3 is 0 Å². The van der Waals surface area contributed by atoms with E-state index in [-0.39, 0.29) is 0 Å². The highest BCUT2D eigenvalue weighted by atomic mass is 16.5. The summed E-state index contributed by atoms with van der Waals surface area (Å²) in [5.74, 6) is 0. The van der Waals surface area contributed by atoms with E-state index < -0.39 is 0 Å². The molecule has 3 heteroatoms. The third-order valence-electron chi connectivity index (χ3n) is 1.87. The van der Waals surface area contributed by atoms with Crippen molar-refractivity contribution in [3.05, 3.63) is 0 Å². The van der Waals surface area contributed by atoms with Gasteiger partial charge in [0.15, 0.2) is 0 Å². The van der Waals surface area contributed by atoms with E-state index in [4.69, 9.17) is 9.47 Å². The van der Waals surface area contributed by atoms with E-state index in [0.29, 0.717) is 25.4 Å². The van der Waals surface area contributed by atoms with Gasteiger partial charge in [-0.2, -0.15) is 0 Å². The highest BCUT2D eigenvalue weighted by Crippen LogP contribution is 1.91. The minimum atomic E-state index is 0.305. The zero-order valence-electron chi connectivity index (χ0n) is 9.30. The fourth-order valence-electron chi connectivity index (χ4n) is 0.849. The summed E-state index contributed by atoms with van der Waals surface area (Å²) in [5.41, 5.74) is 0. The Kier molecular flexibility index (Phi) is 8.40. The molecule has 1 unspecified atom stereocenters. The standard InChI is InChI=1S/C10H23NO2/c1-9(2)13-8-7-12-6-5-10(3)11-4/h9-11H,5-8H2,1-4H3. The van der Waals surface area contributed by atoms with Crippen LogP contribution in [0.15, 0.2) is 0 Å². The van der Waals surface area contributed by atoms with E-state index in [2.05, 4.69) is 12.2 Å². The van der Waals surface area contributed by atoms with Crippen molar-refractivity contribution in [3.8, 4) is 0 Å². The van der Waals surface area contributed by atoms with Crippen molar-refractivity contribution in [2.24, 2.45) is 0 Å². The lowest BCUT2D eigenvalue weighted by molar-refractivity contribution is 0.0178. The molecule has 0 aliphatic carbocycles. The molecule has 0 spiro atoms. The molecule has 0 saturated carbocycles. The maximum absolute atomic E-state index is 5.39. The van der Waals surface area contributed by atoms with Crippen LogP contribution in [0.5, 0.6) is 0 Å². The Morgan fingerprint density at radius 3 is 2.31 bits per heavy atom. The molecule has 0 aromatic rings. The summed E-state index contributed by atoms with van der Waals surface area (Å²) >= 11 is 0. The third-order valence-corrected chi connectivity index (χ3v) is 1.87. The van der Waals surface area contributed by atoms with Crippen LogP contribution >= 0.6 is 0 Å². The van der Waals surface area contributed by atoms with Crippen molar-refractivity contribution < 1.29 is 9.47 Å². The van der Waals surface area contributed by atoms with Gasteiger partial charge in [0.05, 0.1) is 19.3 Å². The van der Waals surface area contributed by atoms with Gasteiger partial charge < -0.3 is 14.8 Å². The van der Waals surface area contributed by atoms with Gasteiger partial charge in [-0.05, 0) is 34.2 Å². The lowest BCUT2D eigenvalue weighted by Crippen LogP contribution is -2.23. The molecule has 0 aliphatic heterocycles. The van der Waals surface area contributed by atoms with Crippen molar-refractivity contribution in [1.82, 2.24) is 5.32 Å². The summed E-state index contributed by atoms with van der Waals surface area (Å²) in [7, 11) is 1.96. The smallest absolute Gasteiger partial charge is 0.0703 e. The molecule has 1 N–H and O–H groups in total. The Balaban J connectivity index is 2.99. The molecule has 0 radical (unpaired) electrons. The summed E-state index contributed by atoms with van der Waals surface area (Å²) in [5, 5.41) is 3.16. The summed E-state index contributed by atoms with van der Waals surface area (Å²) in [6.45, 7) is 8.42. The maximum atomic E-state index is 5.39. The average molecular weight is 189 g/mol. The molecule has 1 atom stereocenters. The first-order valence-corrected chi connectivity index (χ1v) is 5.03. The van der Waals surface area contributed by atoms with E-state index in [1.54, 1.807) is 0 Å². The number of ether oxygens (including phenoxy) is 2. The van der Waals surface area contributed by atoms with Crippen molar-refractivity contribution in [2.45, 2.75) is 39.3 Å². The molecule has 0 bridgehead atoms. The second-order valence-corrected chi connectivity index (χ2v) is 3.51. The lowest BCUT2D eigenvalue weighted by Gasteiger charge is -2.11. The van der Waals surface area contributed by atoms with Crippen LogP contribution in [0.1, 0.15) is 27.2 Å². The molecule has 13 heavy (non-hydrogen) atoms. The maximum Gasteiger partial charge on any atom is 0.0703 e. The molecular weight excluding hydrogens is 166 g/mol. The third kappa shape index (κ3) is 9.80. The zero-order valence-corrected chi connectivity index (χ0v) is 9.30. The lowest BCUT2D eigenvalue weighted by atomic mass is 10.2. The normalized spacial score (nSPS) is 13.6. The Labute approximate surface area is 81.8 Å². The largest absolute Gasteiger partial charge is 0.379 e. The Morgan fingerprint density at radius 1 is 1.08 bits per heavy atom. The molecule has 0 aromatic carbocycles. The highest BCUT2D eigenvalue weighted by molar-refractivity contribution is 4.54. The predicted molar refractivity (Wildman–Crippen MR) is 55.0 cm³/mol. The molecule has 0 saturated heterocycles. The van der Waals surface area contributed by atoms with Crippen LogP contribution < -0.4 is 5.32 Å². The minimum absolute atomic E-state index is 0.305. The van der Waals surface area contributed by atoms with Crippen molar-refractivity contribution in [3.63, 3.8) is 0 Å². The number of hydrogen-bond donors (Lipinski definition) is 1. The van der Waals surface area contributed by atoms with Gasteiger partial charge in [-0.15, -0.1) is 0 Å². The van der Waals surface area contributed by atoms with Crippen LogP contribution in [0, 0.1) is 0 Å². The van der Waals surface area contributed by atoms with Gasteiger partial charge in [0.2, 0.25) is 0 Å². The van der Waals surface area contributed by atoms with E-state index in [1.165, 1.54) is 0 Å². The molecule has 0 aromatic heterocycles. The van der Waals surface area contributed by atoms with Gasteiger partial charge in [0.25, 0.3) is 0 Å². The van der Waals surface area contributed by atoms with Gasteiger partial charge in [-0.1, -0.05) is 0 Å². The second kappa shape index (κ2) is 8.48. The first-order valence-electron chi connectivity index (χ1n) is 5.03. The predicted octanol–water partition coefficient (Wildman–Crippen LogP) is 1.43. The SMILES string of the molecule is CNC(C)CCOCCOC(C)C. The number of rotatable bonds is 8. The zero-order chi connectivity index (χ0) is 10.1. The van der Waals surface area contributed by atoms with Crippen LogP contribution in [0.25, 0.3) is 0 Å². The fraction of sp³-hybridized carbons (Fsp3) is 1.00. The number of nitrogens with one attached hydrogen (secondary N) is 1. The Bertz CT molecular complexity index is 107. The fourth-order valence-corrected chi connectivity index (χ4v) is 0.849. The van der Waals surface area contributed by atoms with Crippen molar-refractivity contribution in [1.29, 1.82) is 0 Å². The van der Waals surface area contributed by atoms with E-state index in [0.717, 1.165) is 13.0 Å². The van der Waals surface area contributed by atoms with E-state index >= 15 is 0 Å². The molecule has 0 amide bonds. The van der Waals surface area contributed by atoms with Crippen LogP contribution in [-0.4, -0.2) is 39.0 Å². The number of hydrogen-bond acceptors (Lipinski definition) is 3. The van der Waals surface area contributed by atoms with Crippen molar-refractivity contribution in [2.75, 3.05) is 26.9 Å². The molecule has 80 valence electrons. The van der Waals surface area contributed by atoms with Crippen LogP contribution in [0.2, 0.25) is 0 Å². The summed E-state index contributed by atoms with van der Waals surface area (Å²) in [6.07, 6.45) is 1.36. The minimum Gasteiger partial charge on any atom is -0.379 e. The molecule has 0 heterocycles. The first kappa shape index (κ1) is 12.9. The summed E-state index contributed by atoms with van der Waals surface area (Å²) in [4.78, 5) is 0. The quantitative estimate of drug-likeness (QED) is 0.586. The topological polar surface area (TPSA) is 30.5 Å².